The monoisotopic (exact) mass is 414 g/mol. The van der Waals surface area contributed by atoms with Crippen LogP contribution in [0.25, 0.3) is 0 Å². The van der Waals surface area contributed by atoms with Crippen molar-refractivity contribution in [3.8, 4) is 17.2 Å². The fourth-order valence-electron chi connectivity index (χ4n) is 2.65. The Labute approximate surface area is 178 Å². The molecular formula is C23H30N2O5. The summed E-state index contributed by atoms with van der Waals surface area (Å²) in [7, 11) is 2.84. The molecule has 1 N–H and O–H groups in total. The molecule has 0 heterocycles. The van der Waals surface area contributed by atoms with Crippen LogP contribution >= 0.6 is 0 Å². The molecule has 0 aliphatic rings. The summed E-state index contributed by atoms with van der Waals surface area (Å²) in [5.41, 5.74) is 4.31. The first kappa shape index (κ1) is 23.1. The van der Waals surface area contributed by atoms with Crippen molar-refractivity contribution in [2.24, 2.45) is 5.10 Å². The number of carbonyl (C=O) groups is 1. The van der Waals surface area contributed by atoms with Crippen LogP contribution in [0.2, 0.25) is 0 Å². The van der Waals surface area contributed by atoms with E-state index in [-0.39, 0.29) is 0 Å². The highest BCUT2D eigenvalue weighted by Crippen LogP contribution is 2.27. The van der Waals surface area contributed by atoms with Gasteiger partial charge < -0.3 is 18.9 Å². The van der Waals surface area contributed by atoms with Gasteiger partial charge in [-0.2, -0.15) is 5.10 Å². The lowest BCUT2D eigenvalue weighted by Crippen LogP contribution is -2.16. The first-order chi connectivity index (χ1) is 14.6. The van der Waals surface area contributed by atoms with Crippen molar-refractivity contribution in [2.75, 3.05) is 27.4 Å². The minimum Gasteiger partial charge on any atom is -0.493 e. The predicted octanol–water partition coefficient (Wildman–Crippen LogP) is 4.75. The summed E-state index contributed by atoms with van der Waals surface area (Å²) in [5, 5.41) is 3.79. The SMILES string of the molecule is CC[C@H](C)c1ccc(OCCCOc2ccc(/C=N\NC(=O)OC)cc2OC)cc1. The van der Waals surface area contributed by atoms with Gasteiger partial charge >= 0.3 is 6.09 Å². The third-order valence-electron chi connectivity index (χ3n) is 4.62. The fraction of sp³-hybridized carbons (Fsp3) is 0.391. The van der Waals surface area contributed by atoms with Crippen LogP contribution in [0.5, 0.6) is 17.2 Å². The summed E-state index contributed by atoms with van der Waals surface area (Å²) in [6.07, 6.45) is 2.72. The van der Waals surface area contributed by atoms with E-state index in [0.717, 1.165) is 24.2 Å². The van der Waals surface area contributed by atoms with E-state index < -0.39 is 6.09 Å². The van der Waals surface area contributed by atoms with E-state index in [9.17, 15) is 4.79 Å². The highest BCUT2D eigenvalue weighted by atomic mass is 16.5. The van der Waals surface area contributed by atoms with E-state index in [0.29, 0.717) is 30.6 Å². The lowest BCUT2D eigenvalue weighted by atomic mass is 9.99. The van der Waals surface area contributed by atoms with Gasteiger partial charge in [0.15, 0.2) is 11.5 Å². The highest BCUT2D eigenvalue weighted by molar-refractivity contribution is 5.82. The van der Waals surface area contributed by atoms with E-state index in [1.807, 2.05) is 18.2 Å². The average molecular weight is 415 g/mol. The van der Waals surface area contributed by atoms with Gasteiger partial charge in [0.1, 0.15) is 5.75 Å². The Bertz CT molecular complexity index is 821. The number of ether oxygens (including phenoxy) is 4. The zero-order valence-corrected chi connectivity index (χ0v) is 18.0. The molecule has 0 aromatic heterocycles. The van der Waals surface area contributed by atoms with Crippen LogP contribution in [-0.2, 0) is 4.74 Å². The molecule has 1 atom stereocenters. The number of benzene rings is 2. The number of hydrogen-bond donors (Lipinski definition) is 1. The van der Waals surface area contributed by atoms with E-state index in [4.69, 9.17) is 14.2 Å². The Hall–Kier alpha value is -3.22. The first-order valence-electron chi connectivity index (χ1n) is 9.98. The van der Waals surface area contributed by atoms with Gasteiger partial charge in [-0.3, -0.25) is 0 Å². The minimum absolute atomic E-state index is 0.499. The zero-order chi connectivity index (χ0) is 21.8. The molecule has 7 heteroatoms. The van der Waals surface area contributed by atoms with E-state index in [2.05, 4.69) is 41.2 Å². The van der Waals surface area contributed by atoms with Gasteiger partial charge in [-0.05, 0) is 53.8 Å². The van der Waals surface area contributed by atoms with Gasteiger partial charge in [0.05, 0.1) is 33.6 Å². The Kier molecular flexibility index (Phi) is 9.51. The smallest absolute Gasteiger partial charge is 0.427 e. The molecule has 0 radical (unpaired) electrons. The van der Waals surface area contributed by atoms with Crippen molar-refractivity contribution in [1.29, 1.82) is 0 Å². The second-order valence-corrected chi connectivity index (χ2v) is 6.70. The fourth-order valence-corrected chi connectivity index (χ4v) is 2.65. The molecule has 0 aliphatic heterocycles. The normalized spacial score (nSPS) is 11.7. The Morgan fingerprint density at radius 1 is 1.07 bits per heavy atom. The lowest BCUT2D eigenvalue weighted by molar-refractivity contribution is 0.171. The molecule has 2 aromatic rings. The van der Waals surface area contributed by atoms with Crippen LogP contribution in [-0.4, -0.2) is 39.7 Å². The van der Waals surface area contributed by atoms with Crippen molar-refractivity contribution >= 4 is 12.3 Å². The molecule has 1 amide bonds. The lowest BCUT2D eigenvalue weighted by Gasteiger charge is -2.12. The molecule has 30 heavy (non-hydrogen) atoms. The summed E-state index contributed by atoms with van der Waals surface area (Å²) in [5.74, 6) is 2.64. The maximum Gasteiger partial charge on any atom is 0.427 e. The van der Waals surface area contributed by atoms with Crippen molar-refractivity contribution in [2.45, 2.75) is 32.6 Å². The molecule has 0 unspecified atom stereocenters. The van der Waals surface area contributed by atoms with Crippen molar-refractivity contribution in [1.82, 2.24) is 5.43 Å². The number of hydrazone groups is 1. The zero-order valence-electron chi connectivity index (χ0n) is 18.0. The first-order valence-corrected chi connectivity index (χ1v) is 9.98. The second kappa shape index (κ2) is 12.4. The molecule has 2 aromatic carbocycles. The molecule has 0 aliphatic carbocycles. The minimum atomic E-state index is -0.633. The van der Waals surface area contributed by atoms with Crippen molar-refractivity contribution in [3.63, 3.8) is 0 Å². The molecule has 2 rings (SSSR count). The standard InChI is InChI=1S/C23H30N2O5/c1-5-17(2)19-8-10-20(11-9-19)29-13-6-14-30-21-12-7-18(15-22(21)27-3)16-24-25-23(26)28-4/h7-12,15-17H,5-6,13-14H2,1-4H3,(H,25,26)/b24-16-/t17-/m0/s1. The number of amides is 1. The summed E-state index contributed by atoms with van der Waals surface area (Å²) in [6.45, 7) is 5.47. The Morgan fingerprint density at radius 2 is 1.80 bits per heavy atom. The van der Waals surface area contributed by atoms with Crippen molar-refractivity contribution < 1.29 is 23.7 Å². The van der Waals surface area contributed by atoms with E-state index in [1.54, 1.807) is 19.2 Å². The Balaban J connectivity index is 1.78. The number of hydrogen-bond acceptors (Lipinski definition) is 6. The third kappa shape index (κ3) is 7.31. The maximum atomic E-state index is 11.0. The highest BCUT2D eigenvalue weighted by Gasteiger charge is 2.06. The van der Waals surface area contributed by atoms with Gasteiger partial charge in [-0.25, -0.2) is 10.2 Å². The topological polar surface area (TPSA) is 78.4 Å². The summed E-state index contributed by atoms with van der Waals surface area (Å²) >= 11 is 0. The molecule has 0 saturated heterocycles. The molecule has 0 spiro atoms. The van der Waals surface area contributed by atoms with Crippen LogP contribution in [0.1, 0.15) is 43.7 Å². The van der Waals surface area contributed by atoms with Crippen LogP contribution in [0.4, 0.5) is 4.79 Å². The number of rotatable bonds is 11. The molecule has 162 valence electrons. The molecule has 0 bridgehead atoms. The quantitative estimate of drug-likeness (QED) is 0.326. The molecule has 0 fully saturated rings. The van der Waals surface area contributed by atoms with E-state index >= 15 is 0 Å². The molecule has 0 saturated carbocycles. The third-order valence-corrected chi connectivity index (χ3v) is 4.62. The number of nitrogens with zero attached hydrogens (tertiary/aromatic N) is 1. The van der Waals surface area contributed by atoms with E-state index in [1.165, 1.54) is 18.9 Å². The van der Waals surface area contributed by atoms with Crippen molar-refractivity contribution in [3.05, 3.63) is 53.6 Å². The average Bonchev–Trinajstić information content (AvgIpc) is 2.79. The van der Waals surface area contributed by atoms with Gasteiger partial charge in [-0.1, -0.05) is 26.0 Å². The Morgan fingerprint density at radius 3 is 2.47 bits per heavy atom. The second-order valence-electron chi connectivity index (χ2n) is 6.70. The predicted molar refractivity (Wildman–Crippen MR) is 117 cm³/mol. The van der Waals surface area contributed by atoms with Gasteiger partial charge in [0.25, 0.3) is 0 Å². The van der Waals surface area contributed by atoms with Crippen LogP contribution < -0.4 is 19.6 Å². The van der Waals surface area contributed by atoms with Gasteiger partial charge in [-0.15, -0.1) is 0 Å². The largest absolute Gasteiger partial charge is 0.493 e. The van der Waals surface area contributed by atoms with Crippen LogP contribution in [0, 0.1) is 0 Å². The maximum absolute atomic E-state index is 11.0. The van der Waals surface area contributed by atoms with Crippen LogP contribution in [0.15, 0.2) is 47.6 Å². The van der Waals surface area contributed by atoms with Crippen LogP contribution in [0.3, 0.4) is 0 Å². The molecule has 7 nitrogen and oxygen atoms in total. The summed E-state index contributed by atoms with van der Waals surface area (Å²) < 4.78 is 21.4. The molecular weight excluding hydrogens is 384 g/mol. The summed E-state index contributed by atoms with van der Waals surface area (Å²) in [6, 6.07) is 13.7. The number of methoxy groups -OCH3 is 2. The summed E-state index contributed by atoms with van der Waals surface area (Å²) in [4.78, 5) is 11.0. The number of nitrogens with one attached hydrogen (secondary N) is 1. The number of carbonyl (C=O) groups excluding carboxylic acids is 1. The van der Waals surface area contributed by atoms with Gasteiger partial charge in [0, 0.05) is 6.42 Å². The van der Waals surface area contributed by atoms with Gasteiger partial charge in [0.2, 0.25) is 0 Å².